The maximum atomic E-state index is 11.8. The maximum Gasteiger partial charge on any atom is 0.329 e. The second-order valence-electron chi connectivity index (χ2n) is 4.65. The Bertz CT molecular complexity index is 265. The molecule has 0 spiro atoms. The largest absolute Gasteiger partial charge is 0.480 e. The molecule has 4 nitrogen and oxygen atoms in total. The van der Waals surface area contributed by atoms with Crippen molar-refractivity contribution < 1.29 is 14.7 Å². The lowest BCUT2D eigenvalue weighted by Gasteiger charge is -2.28. The van der Waals surface area contributed by atoms with E-state index in [2.05, 4.69) is 5.32 Å². The lowest BCUT2D eigenvalue weighted by atomic mass is 9.91. The second-order valence-corrected chi connectivity index (χ2v) is 4.65. The Kier molecular flexibility index (Phi) is 5.48. The zero-order valence-corrected chi connectivity index (χ0v) is 10.8. The fourth-order valence-electron chi connectivity index (χ4n) is 1.29. The van der Waals surface area contributed by atoms with Crippen molar-refractivity contribution in [3.05, 3.63) is 0 Å². The summed E-state index contributed by atoms with van der Waals surface area (Å²) in [6.45, 7) is 9.14. The highest BCUT2D eigenvalue weighted by Crippen LogP contribution is 2.17. The molecule has 0 aromatic carbocycles. The van der Waals surface area contributed by atoms with Crippen molar-refractivity contribution >= 4 is 11.9 Å². The van der Waals surface area contributed by atoms with Crippen LogP contribution < -0.4 is 5.32 Å². The molecule has 0 heterocycles. The molecule has 16 heavy (non-hydrogen) atoms. The van der Waals surface area contributed by atoms with Crippen LogP contribution in [-0.4, -0.2) is 22.5 Å². The molecule has 0 fully saturated rings. The average molecular weight is 229 g/mol. The van der Waals surface area contributed by atoms with Crippen LogP contribution in [0.15, 0.2) is 0 Å². The van der Waals surface area contributed by atoms with Crippen molar-refractivity contribution in [2.45, 2.75) is 53.0 Å². The molecule has 2 N–H and O–H groups in total. The summed E-state index contributed by atoms with van der Waals surface area (Å²) in [6.07, 6.45) is 1.28. The second kappa shape index (κ2) is 5.87. The molecule has 0 saturated carbocycles. The summed E-state index contributed by atoms with van der Waals surface area (Å²) < 4.78 is 0. The summed E-state index contributed by atoms with van der Waals surface area (Å²) in [5, 5.41) is 11.7. The lowest BCUT2D eigenvalue weighted by Crippen LogP contribution is -2.53. The van der Waals surface area contributed by atoms with Gasteiger partial charge in [0.25, 0.3) is 0 Å². The number of carbonyl (C=O) groups is 2. The third-order valence-electron chi connectivity index (χ3n) is 3.49. The van der Waals surface area contributed by atoms with Crippen LogP contribution in [0.3, 0.4) is 0 Å². The number of hydrogen-bond donors (Lipinski definition) is 2. The van der Waals surface area contributed by atoms with E-state index in [0.717, 1.165) is 6.42 Å². The SMILES string of the molecule is CCC(C)C(C)C(=O)NC(C)(CC)C(=O)O. The zero-order valence-electron chi connectivity index (χ0n) is 10.8. The van der Waals surface area contributed by atoms with Crippen LogP contribution in [0.1, 0.15) is 47.5 Å². The van der Waals surface area contributed by atoms with Crippen LogP contribution in [-0.2, 0) is 9.59 Å². The highest BCUT2D eigenvalue weighted by molar-refractivity contribution is 5.87. The molecular weight excluding hydrogens is 206 g/mol. The third-order valence-corrected chi connectivity index (χ3v) is 3.49. The van der Waals surface area contributed by atoms with Crippen molar-refractivity contribution in [1.29, 1.82) is 0 Å². The number of hydrogen-bond acceptors (Lipinski definition) is 2. The number of aliphatic carboxylic acids is 1. The fourth-order valence-corrected chi connectivity index (χ4v) is 1.29. The minimum absolute atomic E-state index is 0.157. The smallest absolute Gasteiger partial charge is 0.329 e. The summed E-state index contributed by atoms with van der Waals surface area (Å²) in [6, 6.07) is 0. The number of carboxylic acids is 1. The summed E-state index contributed by atoms with van der Waals surface area (Å²) in [7, 11) is 0. The Morgan fingerprint density at radius 1 is 1.31 bits per heavy atom. The molecule has 0 radical (unpaired) electrons. The first-order chi connectivity index (χ1) is 7.28. The number of carbonyl (C=O) groups excluding carboxylic acids is 1. The molecule has 0 rings (SSSR count). The van der Waals surface area contributed by atoms with E-state index in [1.54, 1.807) is 6.92 Å². The van der Waals surface area contributed by atoms with Gasteiger partial charge >= 0.3 is 5.97 Å². The molecular formula is C12H23NO3. The minimum atomic E-state index is -1.15. The zero-order chi connectivity index (χ0) is 12.9. The molecule has 0 aliphatic carbocycles. The van der Waals surface area contributed by atoms with Gasteiger partial charge in [0, 0.05) is 5.92 Å². The van der Waals surface area contributed by atoms with Gasteiger partial charge in [-0.1, -0.05) is 34.1 Å². The molecule has 0 saturated heterocycles. The van der Waals surface area contributed by atoms with Crippen LogP contribution in [0.4, 0.5) is 0 Å². The molecule has 1 amide bonds. The predicted molar refractivity (Wildman–Crippen MR) is 63.1 cm³/mol. The van der Waals surface area contributed by atoms with Crippen molar-refractivity contribution in [3.8, 4) is 0 Å². The maximum absolute atomic E-state index is 11.8. The van der Waals surface area contributed by atoms with E-state index in [4.69, 9.17) is 5.11 Å². The van der Waals surface area contributed by atoms with Crippen LogP contribution in [0, 0.1) is 11.8 Å². The first-order valence-electron chi connectivity index (χ1n) is 5.83. The van der Waals surface area contributed by atoms with E-state index >= 15 is 0 Å². The number of nitrogens with one attached hydrogen (secondary N) is 1. The Morgan fingerprint density at radius 3 is 2.12 bits per heavy atom. The van der Waals surface area contributed by atoms with Crippen molar-refractivity contribution in [3.63, 3.8) is 0 Å². The van der Waals surface area contributed by atoms with Gasteiger partial charge in [-0.3, -0.25) is 4.79 Å². The first kappa shape index (κ1) is 14.9. The lowest BCUT2D eigenvalue weighted by molar-refractivity contribution is -0.147. The molecule has 0 bridgehead atoms. The average Bonchev–Trinajstić information content (AvgIpc) is 2.26. The molecule has 0 aliphatic rings. The summed E-state index contributed by atoms with van der Waals surface area (Å²) in [5.41, 5.74) is -1.15. The Hall–Kier alpha value is -1.06. The molecule has 94 valence electrons. The molecule has 3 atom stereocenters. The topological polar surface area (TPSA) is 66.4 Å². The van der Waals surface area contributed by atoms with Crippen LogP contribution in [0.25, 0.3) is 0 Å². The van der Waals surface area contributed by atoms with Crippen molar-refractivity contribution in [1.82, 2.24) is 5.32 Å². The van der Waals surface area contributed by atoms with Gasteiger partial charge < -0.3 is 10.4 Å². The molecule has 0 aliphatic heterocycles. The Morgan fingerprint density at radius 2 is 1.81 bits per heavy atom. The van der Waals surface area contributed by atoms with Gasteiger partial charge in [-0.05, 0) is 19.3 Å². The van der Waals surface area contributed by atoms with E-state index in [0.29, 0.717) is 6.42 Å². The van der Waals surface area contributed by atoms with Gasteiger partial charge in [0.05, 0.1) is 0 Å². The van der Waals surface area contributed by atoms with Gasteiger partial charge in [0.1, 0.15) is 5.54 Å². The van der Waals surface area contributed by atoms with E-state index in [-0.39, 0.29) is 17.7 Å². The van der Waals surface area contributed by atoms with Crippen LogP contribution in [0.5, 0.6) is 0 Å². The van der Waals surface area contributed by atoms with Crippen molar-refractivity contribution in [2.24, 2.45) is 11.8 Å². The Labute approximate surface area is 97.4 Å². The van der Waals surface area contributed by atoms with Gasteiger partial charge in [0.2, 0.25) is 5.91 Å². The monoisotopic (exact) mass is 229 g/mol. The van der Waals surface area contributed by atoms with E-state index in [1.807, 2.05) is 20.8 Å². The molecule has 0 aromatic heterocycles. The fraction of sp³-hybridized carbons (Fsp3) is 0.833. The van der Waals surface area contributed by atoms with Crippen LogP contribution in [0.2, 0.25) is 0 Å². The minimum Gasteiger partial charge on any atom is -0.480 e. The van der Waals surface area contributed by atoms with Crippen molar-refractivity contribution in [2.75, 3.05) is 0 Å². The number of carboxylic acid groups (broad SMARTS) is 1. The molecule has 0 aromatic rings. The summed E-state index contributed by atoms with van der Waals surface area (Å²) >= 11 is 0. The van der Waals surface area contributed by atoms with Gasteiger partial charge in [-0.15, -0.1) is 0 Å². The van der Waals surface area contributed by atoms with E-state index in [9.17, 15) is 9.59 Å². The summed E-state index contributed by atoms with van der Waals surface area (Å²) in [5.74, 6) is -1.06. The number of amides is 1. The quantitative estimate of drug-likeness (QED) is 0.732. The standard InChI is InChI=1S/C12H23NO3/c1-6-8(3)9(4)10(14)13-12(5,7-2)11(15)16/h8-9H,6-7H2,1-5H3,(H,13,14)(H,15,16). The highest BCUT2D eigenvalue weighted by atomic mass is 16.4. The Balaban J connectivity index is 4.60. The van der Waals surface area contributed by atoms with E-state index in [1.165, 1.54) is 6.92 Å². The molecule has 3 unspecified atom stereocenters. The normalized spacial score (nSPS) is 18.3. The number of rotatable bonds is 6. The summed E-state index contributed by atoms with van der Waals surface area (Å²) in [4.78, 5) is 22.9. The van der Waals surface area contributed by atoms with E-state index < -0.39 is 11.5 Å². The van der Waals surface area contributed by atoms with Gasteiger partial charge in [0.15, 0.2) is 0 Å². The highest BCUT2D eigenvalue weighted by Gasteiger charge is 2.34. The van der Waals surface area contributed by atoms with Gasteiger partial charge in [-0.2, -0.15) is 0 Å². The first-order valence-corrected chi connectivity index (χ1v) is 5.83. The van der Waals surface area contributed by atoms with Gasteiger partial charge in [-0.25, -0.2) is 4.79 Å². The molecule has 4 heteroatoms. The third kappa shape index (κ3) is 3.51. The predicted octanol–water partition coefficient (Wildman–Crippen LogP) is 2.04. The van der Waals surface area contributed by atoms with Crippen LogP contribution >= 0.6 is 0 Å².